The van der Waals surface area contributed by atoms with Crippen LogP contribution in [-0.4, -0.2) is 53.4 Å². The quantitative estimate of drug-likeness (QED) is 0.194. The minimum absolute atomic E-state index is 0.162. The molecule has 3 N–H and O–H groups in total. The van der Waals surface area contributed by atoms with Crippen LogP contribution in [0.25, 0.3) is 10.9 Å². The first kappa shape index (κ1) is 32.5. The molecule has 0 radical (unpaired) electrons. The first-order valence-corrected chi connectivity index (χ1v) is 15.4. The van der Waals surface area contributed by atoms with Crippen molar-refractivity contribution in [3.63, 3.8) is 0 Å². The molecule has 1 aromatic heterocycles. The summed E-state index contributed by atoms with van der Waals surface area (Å²) in [4.78, 5) is 45.3. The van der Waals surface area contributed by atoms with Crippen molar-refractivity contribution in [3.8, 4) is 11.5 Å². The fourth-order valence-corrected chi connectivity index (χ4v) is 5.70. The van der Waals surface area contributed by atoms with Gasteiger partial charge in [-0.15, -0.1) is 0 Å². The fourth-order valence-electron chi connectivity index (χ4n) is 5.70. The number of aromatic amines is 1. The van der Waals surface area contributed by atoms with E-state index in [0.29, 0.717) is 44.2 Å². The molecule has 0 spiro atoms. The normalized spacial score (nSPS) is 13.9. The summed E-state index contributed by atoms with van der Waals surface area (Å²) >= 11 is 0. The van der Waals surface area contributed by atoms with Gasteiger partial charge in [0.2, 0.25) is 17.7 Å². The van der Waals surface area contributed by atoms with Crippen LogP contribution in [0, 0.1) is 17.6 Å². The third-order valence-electron chi connectivity index (χ3n) is 8.08. The van der Waals surface area contributed by atoms with E-state index in [1.54, 1.807) is 4.90 Å². The molecule has 1 aliphatic heterocycles. The van der Waals surface area contributed by atoms with Crippen LogP contribution in [0.5, 0.6) is 11.5 Å². The zero-order valence-corrected chi connectivity index (χ0v) is 26.1. The van der Waals surface area contributed by atoms with E-state index in [-0.39, 0.29) is 24.4 Å². The molecule has 2 unspecified atom stereocenters. The number of halogens is 2. The Morgan fingerprint density at radius 1 is 0.935 bits per heavy atom. The molecule has 3 aromatic carbocycles. The van der Waals surface area contributed by atoms with Crippen molar-refractivity contribution in [2.75, 3.05) is 19.8 Å². The van der Waals surface area contributed by atoms with E-state index in [1.165, 1.54) is 6.92 Å². The molecule has 11 heteroatoms. The van der Waals surface area contributed by atoms with Gasteiger partial charge in [-0.25, -0.2) is 8.78 Å². The Labute approximate surface area is 266 Å². The number of carbonyl (C=O) groups is 3. The maximum absolute atomic E-state index is 14.1. The predicted molar refractivity (Wildman–Crippen MR) is 169 cm³/mol. The summed E-state index contributed by atoms with van der Waals surface area (Å²) in [7, 11) is 0. The van der Waals surface area contributed by atoms with Gasteiger partial charge in [-0.2, -0.15) is 0 Å². The smallest absolute Gasteiger partial charge is 0.245 e. The van der Waals surface area contributed by atoms with Crippen LogP contribution >= 0.6 is 0 Å². The lowest BCUT2D eigenvalue weighted by atomic mass is 9.97. The second-order valence-electron chi connectivity index (χ2n) is 11.3. The molecule has 2 heterocycles. The lowest BCUT2D eigenvalue weighted by molar-refractivity contribution is -0.140. The maximum Gasteiger partial charge on any atom is 0.245 e. The summed E-state index contributed by atoms with van der Waals surface area (Å²) in [5.41, 5.74) is 3.97. The molecule has 0 fully saturated rings. The average Bonchev–Trinajstić information content (AvgIpc) is 3.45. The number of carbonyl (C=O) groups excluding carboxylic acids is 3. The molecule has 0 saturated heterocycles. The Bertz CT molecular complexity index is 1720. The van der Waals surface area contributed by atoms with E-state index in [9.17, 15) is 23.2 Å². The number of H-pyrrole nitrogens is 1. The first-order chi connectivity index (χ1) is 22.2. The second-order valence-corrected chi connectivity index (χ2v) is 11.3. The van der Waals surface area contributed by atoms with Crippen LogP contribution < -0.4 is 20.1 Å². The molecule has 9 nitrogen and oxygen atoms in total. The van der Waals surface area contributed by atoms with Crippen molar-refractivity contribution >= 4 is 28.6 Å². The van der Waals surface area contributed by atoms with Crippen LogP contribution in [0.1, 0.15) is 43.0 Å². The number of nitrogens with zero attached hydrogens (tertiary/aromatic N) is 1. The molecule has 5 rings (SSSR count). The number of ether oxygens (including phenoxy) is 2. The zero-order valence-electron chi connectivity index (χ0n) is 26.1. The SMILES string of the molecule is CCOc1cc2c(cc1OCC)CN(C(=O)C(Cc1c[nH]c3ccccc13)NC(=O)C(C)C(=O)NCc1cc(F)cc(F)c1)CC2. The van der Waals surface area contributed by atoms with Gasteiger partial charge in [0.1, 0.15) is 23.6 Å². The molecule has 0 bridgehead atoms. The number of hydrogen-bond acceptors (Lipinski definition) is 5. The number of amides is 3. The van der Waals surface area contributed by atoms with Crippen molar-refractivity contribution in [1.29, 1.82) is 0 Å². The van der Waals surface area contributed by atoms with Crippen LogP contribution in [0.4, 0.5) is 8.78 Å². The van der Waals surface area contributed by atoms with Crippen LogP contribution in [0.2, 0.25) is 0 Å². The highest BCUT2D eigenvalue weighted by Crippen LogP contribution is 2.34. The van der Waals surface area contributed by atoms with E-state index in [0.717, 1.165) is 45.8 Å². The second kappa shape index (κ2) is 14.4. The summed E-state index contributed by atoms with van der Waals surface area (Å²) in [6.45, 7) is 6.78. The minimum Gasteiger partial charge on any atom is -0.490 e. The Balaban J connectivity index is 1.34. The minimum atomic E-state index is -1.18. The fraction of sp³-hybridized carbons (Fsp3) is 0.343. The number of rotatable bonds is 12. The summed E-state index contributed by atoms with van der Waals surface area (Å²) in [6, 6.07) is 13.5. The summed E-state index contributed by atoms with van der Waals surface area (Å²) in [6.07, 6.45) is 2.61. The van der Waals surface area contributed by atoms with Gasteiger partial charge in [-0.05, 0) is 79.8 Å². The van der Waals surface area contributed by atoms with E-state index in [2.05, 4.69) is 15.6 Å². The topological polar surface area (TPSA) is 113 Å². The summed E-state index contributed by atoms with van der Waals surface area (Å²) in [5, 5.41) is 6.31. The first-order valence-electron chi connectivity index (χ1n) is 15.4. The average molecular weight is 633 g/mol. The highest BCUT2D eigenvalue weighted by atomic mass is 19.1. The van der Waals surface area contributed by atoms with Gasteiger partial charge in [0.15, 0.2) is 11.5 Å². The van der Waals surface area contributed by atoms with Crippen LogP contribution in [0.3, 0.4) is 0 Å². The molecule has 2 atom stereocenters. The number of nitrogens with one attached hydrogen (secondary N) is 3. The number of hydrogen-bond donors (Lipinski definition) is 3. The highest BCUT2D eigenvalue weighted by molar-refractivity contribution is 6.01. The molecule has 0 aliphatic carbocycles. The van der Waals surface area contributed by atoms with Crippen LogP contribution in [-0.2, 0) is 40.3 Å². The molecule has 1 aliphatic rings. The molecule has 46 heavy (non-hydrogen) atoms. The third kappa shape index (κ3) is 7.47. The van der Waals surface area contributed by atoms with E-state index in [1.807, 2.05) is 56.4 Å². The van der Waals surface area contributed by atoms with Crippen LogP contribution in [0.15, 0.2) is 60.8 Å². The van der Waals surface area contributed by atoms with Gasteiger partial charge < -0.3 is 30.0 Å². The maximum atomic E-state index is 14.1. The summed E-state index contributed by atoms with van der Waals surface area (Å²) in [5.74, 6) is -2.98. The van der Waals surface area contributed by atoms with Gasteiger partial charge >= 0.3 is 0 Å². The Kier molecular flexibility index (Phi) is 10.2. The highest BCUT2D eigenvalue weighted by Gasteiger charge is 2.32. The van der Waals surface area contributed by atoms with E-state index in [4.69, 9.17) is 9.47 Å². The Hall–Kier alpha value is -4.93. The molecule has 0 saturated carbocycles. The number of fused-ring (bicyclic) bond motifs is 2. The van der Waals surface area contributed by atoms with Crippen molar-refractivity contribution in [2.24, 2.45) is 5.92 Å². The molecular weight excluding hydrogens is 594 g/mol. The van der Waals surface area contributed by atoms with Crippen molar-refractivity contribution < 1.29 is 32.6 Å². The van der Waals surface area contributed by atoms with Crippen molar-refractivity contribution in [3.05, 3.63) is 94.7 Å². The molecule has 4 aromatic rings. The lowest BCUT2D eigenvalue weighted by Crippen LogP contribution is -2.53. The molecule has 3 amide bonds. The molecule has 242 valence electrons. The van der Waals surface area contributed by atoms with E-state index < -0.39 is 35.4 Å². The predicted octanol–water partition coefficient (Wildman–Crippen LogP) is 4.81. The van der Waals surface area contributed by atoms with E-state index >= 15 is 0 Å². The van der Waals surface area contributed by atoms with Gasteiger partial charge in [-0.3, -0.25) is 14.4 Å². The lowest BCUT2D eigenvalue weighted by Gasteiger charge is -2.33. The standard InChI is InChI=1S/C35H38F2N4O5/c1-4-45-31-15-23-10-11-41(20-25(23)16-32(31)46-5-2)35(44)30(14-24-19-38-29-9-7-6-8-28(24)29)40-34(43)21(3)33(42)39-18-22-12-26(36)17-27(37)13-22/h6-9,12-13,15-17,19,21,30,38H,4-5,10-11,14,18,20H2,1-3H3,(H,39,42)(H,40,43). The van der Waals surface area contributed by atoms with Gasteiger partial charge in [0, 0.05) is 49.2 Å². The number of benzene rings is 3. The zero-order chi connectivity index (χ0) is 32.8. The summed E-state index contributed by atoms with van der Waals surface area (Å²) < 4.78 is 38.8. The van der Waals surface area contributed by atoms with Gasteiger partial charge in [0.05, 0.1) is 13.2 Å². The Morgan fingerprint density at radius 2 is 1.61 bits per heavy atom. The van der Waals surface area contributed by atoms with Crippen molar-refractivity contribution in [2.45, 2.75) is 52.7 Å². The third-order valence-corrected chi connectivity index (χ3v) is 8.08. The number of para-hydroxylation sites is 1. The number of aromatic nitrogens is 1. The van der Waals surface area contributed by atoms with Crippen molar-refractivity contribution in [1.82, 2.24) is 20.5 Å². The largest absolute Gasteiger partial charge is 0.490 e. The monoisotopic (exact) mass is 632 g/mol. The Morgan fingerprint density at radius 3 is 2.30 bits per heavy atom. The van der Waals surface area contributed by atoms with Gasteiger partial charge in [0.25, 0.3) is 0 Å². The van der Waals surface area contributed by atoms with Gasteiger partial charge in [-0.1, -0.05) is 18.2 Å². The molecular formula is C35H38F2N4O5.